The van der Waals surface area contributed by atoms with Gasteiger partial charge in [-0.15, -0.1) is 0 Å². The van der Waals surface area contributed by atoms with Crippen molar-refractivity contribution in [2.75, 3.05) is 19.0 Å². The summed E-state index contributed by atoms with van der Waals surface area (Å²) in [4.78, 5) is 8.61. The van der Waals surface area contributed by atoms with Crippen LogP contribution in [-0.2, 0) is 11.3 Å². The predicted octanol–water partition coefficient (Wildman–Crippen LogP) is 1.80. The average Bonchev–Trinajstić information content (AvgIpc) is 2.84. The van der Waals surface area contributed by atoms with E-state index >= 15 is 0 Å². The molecule has 19 heavy (non-hydrogen) atoms. The highest BCUT2D eigenvalue weighted by atomic mass is 16.5. The molecule has 0 radical (unpaired) electrons. The fraction of sp³-hybridized carbons (Fsp3) is 0.462. The lowest BCUT2D eigenvalue weighted by molar-refractivity contribution is 0.183. The zero-order chi connectivity index (χ0) is 13.7. The highest BCUT2D eigenvalue weighted by Crippen LogP contribution is 2.18. The number of aromatic nitrogens is 4. The molecule has 1 unspecified atom stereocenters. The Bertz CT molecular complexity index is 525. The van der Waals surface area contributed by atoms with Crippen LogP contribution in [0.4, 0.5) is 5.69 Å². The van der Waals surface area contributed by atoms with E-state index < -0.39 is 0 Å². The van der Waals surface area contributed by atoms with Crippen molar-refractivity contribution in [1.29, 1.82) is 0 Å². The van der Waals surface area contributed by atoms with E-state index in [-0.39, 0.29) is 6.04 Å². The third kappa shape index (κ3) is 3.51. The minimum Gasteiger partial charge on any atom is -0.383 e. The van der Waals surface area contributed by atoms with Crippen molar-refractivity contribution in [3.05, 3.63) is 36.2 Å². The lowest BCUT2D eigenvalue weighted by Crippen LogP contribution is -2.10. The third-order valence-corrected chi connectivity index (χ3v) is 2.87. The van der Waals surface area contributed by atoms with Crippen molar-refractivity contribution < 1.29 is 4.74 Å². The second kappa shape index (κ2) is 6.29. The van der Waals surface area contributed by atoms with Crippen LogP contribution in [0.3, 0.4) is 0 Å². The van der Waals surface area contributed by atoms with E-state index in [0.717, 1.165) is 23.6 Å². The van der Waals surface area contributed by atoms with Gasteiger partial charge in [0.05, 0.1) is 42.5 Å². The van der Waals surface area contributed by atoms with Crippen molar-refractivity contribution in [1.82, 2.24) is 19.7 Å². The standard InChI is InChI=1S/C13H19N5O/c1-10-13(15-5-4-14-10)11(2)17-12-8-16-18(9-12)6-7-19-3/h4-5,8-9,11,17H,6-7H2,1-3H3. The van der Waals surface area contributed by atoms with Gasteiger partial charge in [-0.1, -0.05) is 0 Å². The summed E-state index contributed by atoms with van der Waals surface area (Å²) < 4.78 is 6.87. The van der Waals surface area contributed by atoms with Crippen LogP contribution in [0.1, 0.15) is 24.4 Å². The molecule has 102 valence electrons. The first-order valence-electron chi connectivity index (χ1n) is 6.26. The number of ether oxygens (including phenoxy) is 1. The first-order chi connectivity index (χ1) is 9.20. The molecule has 0 amide bonds. The van der Waals surface area contributed by atoms with Crippen LogP contribution in [0.15, 0.2) is 24.8 Å². The second-order valence-electron chi connectivity index (χ2n) is 4.38. The summed E-state index contributed by atoms with van der Waals surface area (Å²) in [5.74, 6) is 0. The summed E-state index contributed by atoms with van der Waals surface area (Å²) >= 11 is 0. The number of nitrogens with zero attached hydrogens (tertiary/aromatic N) is 4. The Morgan fingerprint density at radius 2 is 2.16 bits per heavy atom. The van der Waals surface area contributed by atoms with Gasteiger partial charge in [-0.25, -0.2) is 0 Å². The minimum absolute atomic E-state index is 0.0915. The van der Waals surface area contributed by atoms with Gasteiger partial charge in [0.25, 0.3) is 0 Å². The SMILES string of the molecule is COCCn1cc(NC(C)c2nccnc2C)cn1. The summed E-state index contributed by atoms with van der Waals surface area (Å²) in [7, 11) is 1.68. The molecule has 0 aliphatic carbocycles. The van der Waals surface area contributed by atoms with Crippen molar-refractivity contribution in [3.8, 4) is 0 Å². The van der Waals surface area contributed by atoms with Crippen molar-refractivity contribution in [3.63, 3.8) is 0 Å². The maximum atomic E-state index is 5.02. The number of aryl methyl sites for hydroxylation is 1. The highest BCUT2D eigenvalue weighted by Gasteiger charge is 2.11. The van der Waals surface area contributed by atoms with Gasteiger partial charge in [0.15, 0.2) is 0 Å². The summed E-state index contributed by atoms with van der Waals surface area (Å²) in [6.07, 6.45) is 7.18. The Labute approximate surface area is 112 Å². The average molecular weight is 261 g/mol. The van der Waals surface area contributed by atoms with Crippen molar-refractivity contribution in [2.45, 2.75) is 26.4 Å². The van der Waals surface area contributed by atoms with E-state index in [9.17, 15) is 0 Å². The molecule has 0 aliphatic rings. The Morgan fingerprint density at radius 3 is 2.89 bits per heavy atom. The molecular formula is C13H19N5O. The molecule has 6 nitrogen and oxygen atoms in total. The minimum atomic E-state index is 0.0915. The Kier molecular flexibility index (Phi) is 4.46. The number of hydrogen-bond donors (Lipinski definition) is 1. The molecule has 2 rings (SSSR count). The molecule has 6 heteroatoms. The molecule has 2 aromatic heterocycles. The number of rotatable bonds is 6. The fourth-order valence-corrected chi connectivity index (χ4v) is 1.91. The fourth-order valence-electron chi connectivity index (χ4n) is 1.91. The number of methoxy groups -OCH3 is 1. The van der Waals surface area contributed by atoms with E-state index in [1.54, 1.807) is 25.7 Å². The molecule has 2 heterocycles. The zero-order valence-electron chi connectivity index (χ0n) is 11.5. The van der Waals surface area contributed by atoms with Crippen molar-refractivity contribution >= 4 is 5.69 Å². The van der Waals surface area contributed by atoms with E-state index in [1.807, 2.05) is 17.8 Å². The second-order valence-corrected chi connectivity index (χ2v) is 4.38. The van der Waals surface area contributed by atoms with Gasteiger partial charge < -0.3 is 10.1 Å². The monoisotopic (exact) mass is 261 g/mol. The lowest BCUT2D eigenvalue weighted by Gasteiger charge is -2.14. The van der Waals surface area contributed by atoms with Crippen LogP contribution in [0.25, 0.3) is 0 Å². The molecule has 0 saturated carbocycles. The molecule has 0 saturated heterocycles. The zero-order valence-corrected chi connectivity index (χ0v) is 11.5. The van der Waals surface area contributed by atoms with Crippen LogP contribution in [0, 0.1) is 6.92 Å². The number of anilines is 1. The molecule has 1 atom stereocenters. The largest absolute Gasteiger partial charge is 0.383 e. The summed E-state index contributed by atoms with van der Waals surface area (Å²) in [5.41, 5.74) is 2.86. The van der Waals surface area contributed by atoms with Crippen LogP contribution in [0.5, 0.6) is 0 Å². The number of nitrogens with one attached hydrogen (secondary N) is 1. The molecular weight excluding hydrogens is 242 g/mol. The third-order valence-electron chi connectivity index (χ3n) is 2.87. The smallest absolute Gasteiger partial charge is 0.0835 e. The van der Waals surface area contributed by atoms with Crippen molar-refractivity contribution in [2.24, 2.45) is 0 Å². The van der Waals surface area contributed by atoms with E-state index in [4.69, 9.17) is 4.74 Å². The van der Waals surface area contributed by atoms with Gasteiger partial charge in [0.2, 0.25) is 0 Å². The van der Waals surface area contributed by atoms with Crippen LogP contribution in [0.2, 0.25) is 0 Å². The highest BCUT2D eigenvalue weighted by molar-refractivity contribution is 5.40. The lowest BCUT2D eigenvalue weighted by atomic mass is 10.2. The van der Waals surface area contributed by atoms with Gasteiger partial charge in [0, 0.05) is 25.7 Å². The molecule has 1 N–H and O–H groups in total. The van der Waals surface area contributed by atoms with E-state index in [1.165, 1.54) is 0 Å². The maximum Gasteiger partial charge on any atom is 0.0835 e. The molecule has 0 fully saturated rings. The summed E-state index contributed by atoms with van der Waals surface area (Å²) in [6.45, 7) is 5.42. The first-order valence-corrected chi connectivity index (χ1v) is 6.26. The normalized spacial score (nSPS) is 12.4. The topological polar surface area (TPSA) is 64.9 Å². The van der Waals surface area contributed by atoms with Gasteiger partial charge in [0.1, 0.15) is 0 Å². The van der Waals surface area contributed by atoms with Gasteiger partial charge in [-0.05, 0) is 13.8 Å². The quantitative estimate of drug-likeness (QED) is 0.859. The van der Waals surface area contributed by atoms with Gasteiger partial charge in [-0.3, -0.25) is 14.6 Å². The van der Waals surface area contributed by atoms with E-state index in [0.29, 0.717) is 6.61 Å². The molecule has 0 spiro atoms. The number of hydrogen-bond acceptors (Lipinski definition) is 5. The van der Waals surface area contributed by atoms with Gasteiger partial charge >= 0.3 is 0 Å². The first kappa shape index (κ1) is 13.5. The van der Waals surface area contributed by atoms with Gasteiger partial charge in [-0.2, -0.15) is 5.10 Å². The summed E-state index contributed by atoms with van der Waals surface area (Å²) in [5, 5.41) is 7.63. The molecule has 0 aliphatic heterocycles. The maximum absolute atomic E-state index is 5.02. The molecule has 2 aromatic rings. The van der Waals surface area contributed by atoms with E-state index in [2.05, 4.69) is 27.3 Å². The van der Waals surface area contributed by atoms with Crippen LogP contribution in [-0.4, -0.2) is 33.5 Å². The molecule has 0 bridgehead atoms. The Hall–Kier alpha value is -1.95. The summed E-state index contributed by atoms with van der Waals surface area (Å²) in [6, 6.07) is 0.0915. The Balaban J connectivity index is 2.01. The Morgan fingerprint density at radius 1 is 1.37 bits per heavy atom. The molecule has 0 aromatic carbocycles. The van der Waals surface area contributed by atoms with Crippen LogP contribution < -0.4 is 5.32 Å². The predicted molar refractivity (Wildman–Crippen MR) is 72.9 cm³/mol. The van der Waals surface area contributed by atoms with Crippen LogP contribution >= 0.6 is 0 Å².